The fourth-order valence-corrected chi connectivity index (χ4v) is 4.32. The zero-order chi connectivity index (χ0) is 28.0. The summed E-state index contributed by atoms with van der Waals surface area (Å²) in [5.41, 5.74) is 3.21. The molecule has 0 unspecified atom stereocenters. The summed E-state index contributed by atoms with van der Waals surface area (Å²) >= 11 is 0. The second kappa shape index (κ2) is 15.7. The second-order valence-corrected chi connectivity index (χ2v) is 9.61. The summed E-state index contributed by atoms with van der Waals surface area (Å²) in [7, 11) is 0. The maximum absolute atomic E-state index is 13.8. The van der Waals surface area contributed by atoms with E-state index in [0.29, 0.717) is 37.1 Å². The lowest BCUT2D eigenvalue weighted by molar-refractivity contribution is -0.122. The normalized spacial score (nSPS) is 12.5. The third-order valence-electron chi connectivity index (χ3n) is 6.42. The number of nitrogens with one attached hydrogen (secondary N) is 3. The Morgan fingerprint density at radius 3 is 2.31 bits per heavy atom. The molecule has 39 heavy (non-hydrogen) atoms. The Morgan fingerprint density at radius 1 is 0.872 bits per heavy atom. The topological polar surface area (TPSA) is 90.5 Å². The first-order chi connectivity index (χ1) is 18.8. The number of carbonyl (C=O) groups is 2. The van der Waals surface area contributed by atoms with Crippen molar-refractivity contribution in [1.29, 1.82) is 0 Å². The van der Waals surface area contributed by atoms with E-state index in [9.17, 15) is 23.5 Å². The minimum Gasteiger partial charge on any atom is -0.390 e. The molecule has 4 N–H and O–H groups in total. The number of halogens is 2. The van der Waals surface area contributed by atoms with E-state index in [4.69, 9.17) is 0 Å². The number of hydrogen-bond donors (Lipinski definition) is 4. The third kappa shape index (κ3) is 10.6. The lowest BCUT2D eigenvalue weighted by Crippen LogP contribution is -2.48. The fraction of sp³-hybridized carbons (Fsp3) is 0.355. The zero-order valence-corrected chi connectivity index (χ0v) is 22.3. The van der Waals surface area contributed by atoms with Crippen molar-refractivity contribution in [1.82, 2.24) is 16.0 Å². The first kappa shape index (κ1) is 29.9. The van der Waals surface area contributed by atoms with Gasteiger partial charge in [0.15, 0.2) is 0 Å². The van der Waals surface area contributed by atoms with Crippen molar-refractivity contribution >= 4 is 11.8 Å². The highest BCUT2D eigenvalue weighted by Crippen LogP contribution is 2.13. The fourth-order valence-electron chi connectivity index (χ4n) is 4.32. The molecule has 8 heteroatoms. The molecule has 0 aliphatic heterocycles. The number of rotatable bonds is 15. The first-order valence-corrected chi connectivity index (χ1v) is 13.4. The van der Waals surface area contributed by atoms with Crippen molar-refractivity contribution in [3.8, 4) is 0 Å². The van der Waals surface area contributed by atoms with Crippen LogP contribution in [-0.4, -0.2) is 42.2 Å². The van der Waals surface area contributed by atoms with Crippen molar-refractivity contribution in [2.24, 2.45) is 0 Å². The predicted molar refractivity (Wildman–Crippen MR) is 148 cm³/mol. The maximum atomic E-state index is 13.8. The van der Waals surface area contributed by atoms with E-state index in [1.807, 2.05) is 18.2 Å². The van der Waals surface area contributed by atoms with Crippen molar-refractivity contribution in [2.45, 2.75) is 57.7 Å². The molecule has 0 saturated carbocycles. The first-order valence-electron chi connectivity index (χ1n) is 13.4. The van der Waals surface area contributed by atoms with Gasteiger partial charge in [-0.15, -0.1) is 0 Å². The van der Waals surface area contributed by atoms with E-state index in [0.717, 1.165) is 18.1 Å². The van der Waals surface area contributed by atoms with E-state index in [-0.39, 0.29) is 31.2 Å². The molecule has 208 valence electrons. The number of aliphatic hydroxyl groups is 1. The molecule has 0 radical (unpaired) electrons. The molecule has 3 aromatic carbocycles. The summed E-state index contributed by atoms with van der Waals surface area (Å²) in [6.45, 7) is 3.23. The number of benzene rings is 3. The summed E-state index contributed by atoms with van der Waals surface area (Å²) in [5, 5.41) is 19.8. The van der Waals surface area contributed by atoms with Gasteiger partial charge in [0.1, 0.15) is 11.6 Å². The van der Waals surface area contributed by atoms with Crippen LogP contribution >= 0.6 is 0 Å². The van der Waals surface area contributed by atoms with Crippen LogP contribution in [0.15, 0.2) is 72.8 Å². The maximum Gasteiger partial charge on any atom is 0.251 e. The third-order valence-corrected chi connectivity index (χ3v) is 6.42. The number of aliphatic hydroxyl groups excluding tert-OH is 1. The van der Waals surface area contributed by atoms with Gasteiger partial charge in [-0.1, -0.05) is 49.4 Å². The Morgan fingerprint density at radius 2 is 1.59 bits per heavy atom. The van der Waals surface area contributed by atoms with Gasteiger partial charge in [0.2, 0.25) is 5.91 Å². The van der Waals surface area contributed by atoms with Gasteiger partial charge >= 0.3 is 0 Å². The van der Waals surface area contributed by atoms with Crippen LogP contribution in [0.1, 0.15) is 53.2 Å². The standard InChI is InChI=1S/C31H37F2N3O3/c1-2-22-9-8-10-23(15-22)20-34-21-29(37)28(18-24-16-26(32)19-27(33)17-24)36-30(38)13-6-7-14-35-31(39)25-11-4-3-5-12-25/h3-5,8-12,15-17,19,28-29,34,37H,2,6-7,13-14,18,20-21H2,1H3,(H,35,39)(H,36,38)/t28-,29-/m0/s1. The van der Waals surface area contributed by atoms with Crippen molar-refractivity contribution in [2.75, 3.05) is 13.1 Å². The number of carbonyl (C=O) groups excluding carboxylic acids is 2. The average molecular weight is 538 g/mol. The van der Waals surface area contributed by atoms with Crippen LogP contribution in [0, 0.1) is 11.6 Å². The van der Waals surface area contributed by atoms with Gasteiger partial charge in [-0.2, -0.15) is 0 Å². The molecule has 0 heterocycles. The molecule has 2 atom stereocenters. The van der Waals surface area contributed by atoms with E-state index >= 15 is 0 Å². The number of amides is 2. The Bertz CT molecular complexity index is 1190. The lowest BCUT2D eigenvalue weighted by Gasteiger charge is -2.25. The molecule has 0 saturated heterocycles. The summed E-state index contributed by atoms with van der Waals surface area (Å²) in [5.74, 6) is -1.87. The van der Waals surface area contributed by atoms with Gasteiger partial charge in [0.05, 0.1) is 12.1 Å². The van der Waals surface area contributed by atoms with Crippen LogP contribution in [0.4, 0.5) is 8.78 Å². The summed E-state index contributed by atoms with van der Waals surface area (Å²) in [4.78, 5) is 24.8. The molecular weight excluding hydrogens is 500 g/mol. The Kier molecular flexibility index (Phi) is 12.1. The van der Waals surface area contributed by atoms with Gasteiger partial charge in [-0.25, -0.2) is 8.78 Å². The molecule has 0 bridgehead atoms. The molecule has 2 amide bonds. The highest BCUT2D eigenvalue weighted by Gasteiger charge is 2.22. The van der Waals surface area contributed by atoms with Crippen molar-refractivity contribution in [3.05, 3.63) is 107 Å². The number of aryl methyl sites for hydroxylation is 1. The smallest absolute Gasteiger partial charge is 0.251 e. The van der Waals surface area contributed by atoms with Crippen LogP contribution in [0.5, 0.6) is 0 Å². The molecule has 0 aromatic heterocycles. The predicted octanol–water partition coefficient (Wildman–Crippen LogP) is 4.31. The highest BCUT2D eigenvalue weighted by atomic mass is 19.1. The quantitative estimate of drug-likeness (QED) is 0.218. The summed E-state index contributed by atoms with van der Waals surface area (Å²) < 4.78 is 27.5. The van der Waals surface area contributed by atoms with Gasteiger partial charge in [-0.05, 0) is 66.6 Å². The van der Waals surface area contributed by atoms with E-state index in [1.165, 1.54) is 17.7 Å². The van der Waals surface area contributed by atoms with Crippen LogP contribution < -0.4 is 16.0 Å². The second-order valence-electron chi connectivity index (χ2n) is 9.61. The molecule has 3 rings (SSSR count). The SMILES string of the molecule is CCc1cccc(CNC[C@H](O)[C@H](Cc2cc(F)cc(F)c2)NC(=O)CCCCNC(=O)c2ccccc2)c1. The van der Waals surface area contributed by atoms with Crippen LogP contribution in [0.3, 0.4) is 0 Å². The van der Waals surface area contributed by atoms with Crippen LogP contribution in [0.25, 0.3) is 0 Å². The molecule has 6 nitrogen and oxygen atoms in total. The lowest BCUT2D eigenvalue weighted by atomic mass is 10.00. The summed E-state index contributed by atoms with van der Waals surface area (Å²) in [6.07, 6.45) is 1.34. The van der Waals surface area contributed by atoms with Crippen molar-refractivity contribution < 1.29 is 23.5 Å². The van der Waals surface area contributed by atoms with Crippen LogP contribution in [-0.2, 0) is 24.2 Å². The summed E-state index contributed by atoms with van der Waals surface area (Å²) in [6, 6.07) is 19.5. The molecule has 0 aliphatic rings. The van der Waals surface area contributed by atoms with Crippen LogP contribution in [0.2, 0.25) is 0 Å². The van der Waals surface area contributed by atoms with Crippen molar-refractivity contribution in [3.63, 3.8) is 0 Å². The monoisotopic (exact) mass is 537 g/mol. The molecular formula is C31H37F2N3O3. The molecule has 3 aromatic rings. The molecule has 0 aliphatic carbocycles. The van der Waals surface area contributed by atoms with E-state index in [1.54, 1.807) is 24.3 Å². The zero-order valence-electron chi connectivity index (χ0n) is 22.3. The van der Waals surface area contributed by atoms with E-state index < -0.39 is 23.8 Å². The Labute approximate surface area is 228 Å². The Hall–Kier alpha value is -3.62. The van der Waals surface area contributed by atoms with Gasteiger partial charge in [0, 0.05) is 37.7 Å². The Balaban J connectivity index is 1.50. The molecule has 0 spiro atoms. The van der Waals surface area contributed by atoms with Gasteiger partial charge < -0.3 is 21.1 Å². The number of unbranched alkanes of at least 4 members (excludes halogenated alkanes) is 1. The minimum absolute atomic E-state index is 0.0712. The van der Waals surface area contributed by atoms with Gasteiger partial charge in [0.25, 0.3) is 5.91 Å². The minimum atomic E-state index is -0.986. The van der Waals surface area contributed by atoms with E-state index in [2.05, 4.69) is 35.0 Å². The highest BCUT2D eigenvalue weighted by molar-refractivity contribution is 5.94. The van der Waals surface area contributed by atoms with Gasteiger partial charge in [-0.3, -0.25) is 9.59 Å². The average Bonchev–Trinajstić information content (AvgIpc) is 2.92. The largest absolute Gasteiger partial charge is 0.390 e. The number of hydrogen-bond acceptors (Lipinski definition) is 4. The molecule has 0 fully saturated rings.